The molecule has 6 heteroatoms. The highest BCUT2D eigenvalue weighted by molar-refractivity contribution is 7.91. The number of aliphatic imine (C=N–C) groups is 1. The van der Waals surface area contributed by atoms with E-state index in [1.165, 1.54) is 0 Å². The summed E-state index contributed by atoms with van der Waals surface area (Å²) in [5, 5.41) is 6.02. The average molecular weight is 235 g/mol. The molecule has 0 amide bonds. The molecule has 0 spiro atoms. The molecule has 90 valence electrons. The summed E-state index contributed by atoms with van der Waals surface area (Å²) in [6.45, 7) is 4.95. The predicted octanol–water partition coefficient (Wildman–Crippen LogP) is -0.00390. The van der Waals surface area contributed by atoms with Gasteiger partial charge in [-0.05, 0) is 6.42 Å². The smallest absolute Gasteiger partial charge is 0.191 e. The third-order valence-corrected chi connectivity index (χ3v) is 3.62. The first-order chi connectivity index (χ1) is 7.05. The van der Waals surface area contributed by atoms with E-state index in [2.05, 4.69) is 22.5 Å². The van der Waals surface area contributed by atoms with Crippen molar-refractivity contribution >= 4 is 15.8 Å². The second-order valence-electron chi connectivity index (χ2n) is 3.16. The molecule has 0 atom stereocenters. The molecule has 0 heterocycles. The first-order valence-corrected chi connectivity index (χ1v) is 7.02. The highest BCUT2D eigenvalue weighted by atomic mass is 32.2. The van der Waals surface area contributed by atoms with E-state index in [1.807, 2.05) is 0 Å². The lowest BCUT2D eigenvalue weighted by Gasteiger charge is -2.10. The normalized spacial score (nSPS) is 12.6. The lowest BCUT2D eigenvalue weighted by atomic mass is 10.5. The van der Waals surface area contributed by atoms with Gasteiger partial charge < -0.3 is 10.6 Å². The Bertz CT molecular complexity index is 286. The van der Waals surface area contributed by atoms with Crippen LogP contribution >= 0.6 is 0 Å². The van der Waals surface area contributed by atoms with E-state index >= 15 is 0 Å². The number of hydrogen-bond acceptors (Lipinski definition) is 3. The van der Waals surface area contributed by atoms with Gasteiger partial charge in [-0.2, -0.15) is 0 Å². The van der Waals surface area contributed by atoms with E-state index in [0.717, 1.165) is 13.0 Å². The molecule has 0 saturated carbocycles. The van der Waals surface area contributed by atoms with E-state index in [0.29, 0.717) is 12.5 Å². The van der Waals surface area contributed by atoms with Crippen LogP contribution in [0.1, 0.15) is 20.3 Å². The van der Waals surface area contributed by atoms with Crippen LogP contribution in [-0.4, -0.2) is 46.0 Å². The Hall–Kier alpha value is -0.780. The van der Waals surface area contributed by atoms with Gasteiger partial charge >= 0.3 is 0 Å². The first-order valence-electron chi connectivity index (χ1n) is 5.20. The van der Waals surface area contributed by atoms with Crippen LogP contribution in [0.2, 0.25) is 0 Å². The minimum atomic E-state index is -2.89. The Morgan fingerprint density at radius 3 is 2.27 bits per heavy atom. The molecule has 5 nitrogen and oxygen atoms in total. The number of hydrogen-bond donors (Lipinski definition) is 2. The van der Waals surface area contributed by atoms with Crippen LogP contribution in [0.4, 0.5) is 0 Å². The van der Waals surface area contributed by atoms with Gasteiger partial charge in [0.1, 0.15) is 0 Å². The third-order valence-electron chi connectivity index (χ3n) is 1.91. The van der Waals surface area contributed by atoms with Gasteiger partial charge in [-0.25, -0.2) is 8.42 Å². The Morgan fingerprint density at radius 1 is 1.20 bits per heavy atom. The average Bonchev–Trinajstić information content (AvgIpc) is 2.23. The molecule has 0 aromatic carbocycles. The summed E-state index contributed by atoms with van der Waals surface area (Å²) in [5.41, 5.74) is 0. The van der Waals surface area contributed by atoms with Crippen molar-refractivity contribution < 1.29 is 8.42 Å². The number of nitrogens with one attached hydrogen (secondary N) is 2. The van der Waals surface area contributed by atoms with Crippen molar-refractivity contribution in [1.82, 2.24) is 10.6 Å². The summed E-state index contributed by atoms with van der Waals surface area (Å²) in [6, 6.07) is 0. The van der Waals surface area contributed by atoms with Crippen molar-refractivity contribution in [2.75, 3.05) is 31.6 Å². The minimum Gasteiger partial charge on any atom is -0.356 e. The fraction of sp³-hybridized carbons (Fsp3) is 0.889. The summed E-state index contributed by atoms with van der Waals surface area (Å²) in [4.78, 5) is 3.97. The molecule has 0 aliphatic rings. The third kappa shape index (κ3) is 7.18. The molecule has 0 radical (unpaired) electrons. The molecule has 2 N–H and O–H groups in total. The van der Waals surface area contributed by atoms with Gasteiger partial charge in [0.25, 0.3) is 0 Å². The van der Waals surface area contributed by atoms with Gasteiger partial charge in [-0.15, -0.1) is 0 Å². The van der Waals surface area contributed by atoms with Crippen LogP contribution in [0, 0.1) is 0 Å². The van der Waals surface area contributed by atoms with Gasteiger partial charge in [0.05, 0.1) is 5.75 Å². The molecule has 0 aromatic rings. The lowest BCUT2D eigenvalue weighted by molar-refractivity contribution is 0.595. The molecule has 0 unspecified atom stereocenters. The predicted molar refractivity (Wildman–Crippen MR) is 64.0 cm³/mol. The molecule has 0 aliphatic carbocycles. The van der Waals surface area contributed by atoms with Crippen LogP contribution in [0.3, 0.4) is 0 Å². The number of nitrogens with zero attached hydrogens (tertiary/aromatic N) is 1. The van der Waals surface area contributed by atoms with Crippen molar-refractivity contribution in [2.45, 2.75) is 20.3 Å². The SMILES string of the molecule is CCCNC(=NC)NCCS(=O)(=O)CC. The first kappa shape index (κ1) is 14.2. The highest BCUT2D eigenvalue weighted by Gasteiger charge is 2.06. The summed E-state index contributed by atoms with van der Waals surface area (Å²) in [7, 11) is -1.22. The maximum atomic E-state index is 11.2. The van der Waals surface area contributed by atoms with Crippen molar-refractivity contribution in [3.05, 3.63) is 0 Å². The van der Waals surface area contributed by atoms with Crippen molar-refractivity contribution in [3.8, 4) is 0 Å². The van der Waals surface area contributed by atoms with E-state index in [9.17, 15) is 8.42 Å². The van der Waals surface area contributed by atoms with Crippen molar-refractivity contribution in [3.63, 3.8) is 0 Å². The molecule has 0 fully saturated rings. The van der Waals surface area contributed by atoms with Crippen LogP contribution in [0.15, 0.2) is 4.99 Å². The fourth-order valence-electron chi connectivity index (χ4n) is 0.933. The Morgan fingerprint density at radius 2 is 1.80 bits per heavy atom. The summed E-state index contributed by atoms with van der Waals surface area (Å²) < 4.78 is 22.4. The topological polar surface area (TPSA) is 70.6 Å². The highest BCUT2D eigenvalue weighted by Crippen LogP contribution is 1.86. The summed E-state index contributed by atoms with van der Waals surface area (Å²) >= 11 is 0. The van der Waals surface area contributed by atoms with Gasteiger partial charge in [0.2, 0.25) is 0 Å². The van der Waals surface area contributed by atoms with E-state index in [-0.39, 0.29) is 11.5 Å². The van der Waals surface area contributed by atoms with E-state index in [4.69, 9.17) is 0 Å². The van der Waals surface area contributed by atoms with Gasteiger partial charge in [-0.3, -0.25) is 4.99 Å². The molecule has 0 bridgehead atoms. The summed E-state index contributed by atoms with van der Waals surface area (Å²) in [5.74, 6) is 0.995. The van der Waals surface area contributed by atoms with E-state index < -0.39 is 9.84 Å². The summed E-state index contributed by atoms with van der Waals surface area (Å²) in [6.07, 6.45) is 1.01. The zero-order valence-electron chi connectivity index (χ0n) is 9.71. The van der Waals surface area contributed by atoms with Gasteiger partial charge in [0.15, 0.2) is 15.8 Å². The Labute approximate surface area is 92.3 Å². The molecule has 0 aliphatic heterocycles. The molecule has 0 rings (SSSR count). The second kappa shape index (κ2) is 7.50. The van der Waals surface area contributed by atoms with Gasteiger partial charge in [-0.1, -0.05) is 13.8 Å². The molecular weight excluding hydrogens is 214 g/mol. The van der Waals surface area contributed by atoms with Gasteiger partial charge in [0, 0.05) is 25.9 Å². The number of sulfone groups is 1. The van der Waals surface area contributed by atoms with Crippen molar-refractivity contribution in [1.29, 1.82) is 0 Å². The monoisotopic (exact) mass is 235 g/mol. The molecule has 0 aromatic heterocycles. The molecule has 15 heavy (non-hydrogen) atoms. The molecular formula is C9H21N3O2S. The zero-order valence-corrected chi connectivity index (χ0v) is 10.5. The minimum absolute atomic E-state index is 0.149. The maximum absolute atomic E-state index is 11.2. The number of guanidine groups is 1. The van der Waals surface area contributed by atoms with Crippen LogP contribution in [0.25, 0.3) is 0 Å². The standard InChI is InChI=1S/C9H21N3O2S/c1-4-6-11-9(10-3)12-7-8-15(13,14)5-2/h4-8H2,1-3H3,(H2,10,11,12). The molecule has 0 saturated heterocycles. The largest absolute Gasteiger partial charge is 0.356 e. The quantitative estimate of drug-likeness (QED) is 0.502. The fourth-order valence-corrected chi connectivity index (χ4v) is 1.64. The zero-order chi connectivity index (χ0) is 11.7. The van der Waals surface area contributed by atoms with Crippen LogP contribution in [0.5, 0.6) is 0 Å². The lowest BCUT2D eigenvalue weighted by Crippen LogP contribution is -2.39. The van der Waals surface area contributed by atoms with Crippen LogP contribution in [-0.2, 0) is 9.84 Å². The Balaban J connectivity index is 3.83. The Kier molecular flexibility index (Phi) is 7.11. The van der Waals surface area contributed by atoms with E-state index in [1.54, 1.807) is 14.0 Å². The van der Waals surface area contributed by atoms with Crippen molar-refractivity contribution in [2.24, 2.45) is 4.99 Å². The number of rotatable bonds is 6. The second-order valence-corrected chi connectivity index (χ2v) is 5.63. The van der Waals surface area contributed by atoms with Crippen LogP contribution < -0.4 is 10.6 Å². The maximum Gasteiger partial charge on any atom is 0.191 e.